The molecule has 0 bridgehead atoms. The van der Waals surface area contributed by atoms with E-state index in [9.17, 15) is 0 Å². The molecular formula is C11H17NO. The van der Waals surface area contributed by atoms with Gasteiger partial charge < -0.3 is 9.64 Å². The number of hydrogen-bond donors (Lipinski definition) is 0. The molecule has 2 aliphatic rings. The van der Waals surface area contributed by atoms with Gasteiger partial charge in [0.05, 0.1) is 6.26 Å². The fraction of sp³-hybridized carbons (Fsp3) is 0.455. The highest BCUT2D eigenvalue weighted by Gasteiger charge is 2.23. The van der Waals surface area contributed by atoms with E-state index in [1.807, 2.05) is 13.8 Å². The quantitative estimate of drug-likeness (QED) is 0.567. The first-order chi connectivity index (χ1) is 6.27. The SMILES string of the molecule is CC.CC1=CN(C)C2C=COC2=C1. The molecule has 0 aromatic rings. The summed E-state index contributed by atoms with van der Waals surface area (Å²) in [5.74, 6) is 1.03. The van der Waals surface area contributed by atoms with Gasteiger partial charge in [-0.3, -0.25) is 0 Å². The average Bonchev–Trinajstić information content (AvgIpc) is 2.55. The Bertz CT molecular complexity index is 263. The summed E-state index contributed by atoms with van der Waals surface area (Å²) in [5, 5.41) is 0. The zero-order valence-corrected chi connectivity index (χ0v) is 8.74. The molecule has 0 aliphatic carbocycles. The molecule has 0 N–H and O–H groups in total. The highest BCUT2D eigenvalue weighted by molar-refractivity contribution is 5.32. The summed E-state index contributed by atoms with van der Waals surface area (Å²) in [6.07, 6.45) is 7.99. The summed E-state index contributed by atoms with van der Waals surface area (Å²) in [4.78, 5) is 2.15. The van der Waals surface area contributed by atoms with Crippen LogP contribution in [0.1, 0.15) is 20.8 Å². The lowest BCUT2D eigenvalue weighted by Crippen LogP contribution is -2.27. The maximum absolute atomic E-state index is 5.30. The highest BCUT2D eigenvalue weighted by Crippen LogP contribution is 2.25. The van der Waals surface area contributed by atoms with Crippen molar-refractivity contribution in [1.82, 2.24) is 4.90 Å². The van der Waals surface area contributed by atoms with E-state index in [4.69, 9.17) is 4.74 Å². The summed E-state index contributed by atoms with van der Waals surface area (Å²) in [7, 11) is 2.06. The molecule has 0 fully saturated rings. The third kappa shape index (κ3) is 1.94. The maximum Gasteiger partial charge on any atom is 0.130 e. The number of fused-ring (bicyclic) bond motifs is 1. The van der Waals surface area contributed by atoms with Gasteiger partial charge in [0.2, 0.25) is 0 Å². The third-order valence-corrected chi connectivity index (χ3v) is 1.97. The molecule has 2 aliphatic heterocycles. The van der Waals surface area contributed by atoms with Crippen LogP contribution in [0.25, 0.3) is 0 Å². The van der Waals surface area contributed by atoms with Gasteiger partial charge in [-0.25, -0.2) is 0 Å². The topological polar surface area (TPSA) is 12.5 Å². The van der Waals surface area contributed by atoms with Gasteiger partial charge in [-0.05, 0) is 24.6 Å². The van der Waals surface area contributed by atoms with Crippen molar-refractivity contribution < 1.29 is 4.74 Å². The van der Waals surface area contributed by atoms with Gasteiger partial charge in [-0.15, -0.1) is 0 Å². The number of allylic oxidation sites excluding steroid dienone is 2. The molecule has 0 amide bonds. The van der Waals surface area contributed by atoms with Crippen molar-refractivity contribution in [3.63, 3.8) is 0 Å². The lowest BCUT2D eigenvalue weighted by Gasteiger charge is -2.25. The van der Waals surface area contributed by atoms with E-state index in [1.54, 1.807) is 6.26 Å². The van der Waals surface area contributed by atoms with Crippen LogP contribution in [-0.2, 0) is 4.74 Å². The zero-order chi connectivity index (χ0) is 9.84. The van der Waals surface area contributed by atoms with Crippen molar-refractivity contribution in [3.8, 4) is 0 Å². The molecule has 2 heterocycles. The predicted octanol–water partition coefficient (Wildman–Crippen LogP) is 2.66. The molecule has 0 radical (unpaired) electrons. The summed E-state index contributed by atoms with van der Waals surface area (Å²) in [6, 6.07) is 0.332. The van der Waals surface area contributed by atoms with Gasteiger partial charge in [-0.1, -0.05) is 13.8 Å². The molecule has 1 unspecified atom stereocenters. The second-order valence-electron chi connectivity index (χ2n) is 2.98. The Morgan fingerprint density at radius 2 is 2.08 bits per heavy atom. The number of likely N-dealkylation sites (N-methyl/N-ethyl adjacent to an activating group) is 1. The van der Waals surface area contributed by atoms with E-state index in [0.717, 1.165) is 5.76 Å². The summed E-state index contributed by atoms with van der Waals surface area (Å²) >= 11 is 0. The van der Waals surface area contributed by atoms with Gasteiger partial charge in [0.1, 0.15) is 11.8 Å². The van der Waals surface area contributed by atoms with Crippen molar-refractivity contribution in [1.29, 1.82) is 0 Å². The van der Waals surface area contributed by atoms with Crippen molar-refractivity contribution in [2.45, 2.75) is 26.8 Å². The highest BCUT2D eigenvalue weighted by atomic mass is 16.5. The van der Waals surface area contributed by atoms with Crippen LogP contribution in [0, 0.1) is 0 Å². The van der Waals surface area contributed by atoms with E-state index >= 15 is 0 Å². The van der Waals surface area contributed by atoms with Gasteiger partial charge in [0, 0.05) is 13.2 Å². The van der Waals surface area contributed by atoms with Gasteiger partial charge in [0.25, 0.3) is 0 Å². The smallest absolute Gasteiger partial charge is 0.130 e. The van der Waals surface area contributed by atoms with Gasteiger partial charge in [-0.2, -0.15) is 0 Å². The molecule has 0 spiro atoms. The first kappa shape index (κ1) is 9.90. The van der Waals surface area contributed by atoms with Crippen molar-refractivity contribution in [2.24, 2.45) is 0 Å². The zero-order valence-electron chi connectivity index (χ0n) is 8.74. The van der Waals surface area contributed by atoms with E-state index < -0.39 is 0 Å². The Morgan fingerprint density at radius 3 is 2.77 bits per heavy atom. The molecule has 2 heteroatoms. The average molecular weight is 179 g/mol. The Labute approximate surface area is 80.2 Å². The molecule has 2 rings (SSSR count). The fourth-order valence-corrected chi connectivity index (χ4v) is 1.48. The van der Waals surface area contributed by atoms with Crippen LogP contribution in [0.15, 0.2) is 35.9 Å². The molecule has 1 atom stereocenters. The molecule has 0 saturated heterocycles. The summed E-state index contributed by atoms with van der Waals surface area (Å²) in [5.41, 5.74) is 1.24. The second kappa shape index (κ2) is 4.17. The number of hydrogen-bond acceptors (Lipinski definition) is 2. The van der Waals surface area contributed by atoms with Gasteiger partial charge in [0.15, 0.2) is 0 Å². The molecule has 0 saturated carbocycles. The Kier molecular flexibility index (Phi) is 3.18. The second-order valence-corrected chi connectivity index (χ2v) is 2.98. The van der Waals surface area contributed by atoms with Crippen LogP contribution < -0.4 is 0 Å². The minimum absolute atomic E-state index is 0.332. The minimum Gasteiger partial charge on any atom is -0.467 e. The third-order valence-electron chi connectivity index (χ3n) is 1.97. The van der Waals surface area contributed by atoms with Gasteiger partial charge >= 0.3 is 0 Å². The Balaban J connectivity index is 0.000000396. The summed E-state index contributed by atoms with van der Waals surface area (Å²) in [6.45, 7) is 6.07. The summed E-state index contributed by atoms with van der Waals surface area (Å²) < 4.78 is 5.30. The number of rotatable bonds is 0. The van der Waals surface area contributed by atoms with Crippen molar-refractivity contribution in [2.75, 3.05) is 7.05 Å². The van der Waals surface area contributed by atoms with Crippen LogP contribution in [-0.4, -0.2) is 18.0 Å². The monoisotopic (exact) mass is 179 g/mol. The van der Waals surface area contributed by atoms with E-state index in [-0.39, 0.29) is 0 Å². The molecule has 2 nitrogen and oxygen atoms in total. The van der Waals surface area contributed by atoms with Crippen LogP contribution >= 0.6 is 0 Å². The van der Waals surface area contributed by atoms with Crippen molar-refractivity contribution >= 4 is 0 Å². The predicted molar refractivity (Wildman–Crippen MR) is 55.0 cm³/mol. The van der Waals surface area contributed by atoms with Crippen LogP contribution in [0.3, 0.4) is 0 Å². The molecular weight excluding hydrogens is 162 g/mol. The molecule has 72 valence electrons. The lowest BCUT2D eigenvalue weighted by molar-refractivity contribution is 0.296. The maximum atomic E-state index is 5.30. The van der Waals surface area contributed by atoms with Crippen LogP contribution in [0.5, 0.6) is 0 Å². The Morgan fingerprint density at radius 1 is 1.38 bits per heavy atom. The lowest BCUT2D eigenvalue weighted by atomic mass is 10.1. The normalized spacial score (nSPS) is 23.7. The van der Waals surface area contributed by atoms with E-state index in [2.05, 4.69) is 37.2 Å². The van der Waals surface area contributed by atoms with Crippen molar-refractivity contribution in [3.05, 3.63) is 35.9 Å². The molecule has 13 heavy (non-hydrogen) atoms. The first-order valence-corrected chi connectivity index (χ1v) is 4.72. The number of ether oxygens (including phenoxy) is 1. The van der Waals surface area contributed by atoms with E-state index in [1.165, 1.54) is 5.57 Å². The molecule has 0 aromatic carbocycles. The standard InChI is InChI=1S/C9H11NO.C2H6/c1-7-5-9-8(3-4-11-9)10(2)6-7;1-2/h3-6,8H,1-2H3;1-2H3. The fourth-order valence-electron chi connectivity index (χ4n) is 1.48. The largest absolute Gasteiger partial charge is 0.467 e. The first-order valence-electron chi connectivity index (χ1n) is 4.72. The Hall–Kier alpha value is -1.18. The van der Waals surface area contributed by atoms with Crippen LogP contribution in [0.2, 0.25) is 0 Å². The number of nitrogens with zero attached hydrogens (tertiary/aromatic N) is 1. The molecule has 0 aromatic heterocycles. The minimum atomic E-state index is 0.332. The van der Waals surface area contributed by atoms with E-state index in [0.29, 0.717) is 6.04 Å². The van der Waals surface area contributed by atoms with Crippen LogP contribution in [0.4, 0.5) is 0 Å².